The predicted molar refractivity (Wildman–Crippen MR) is 70.0 cm³/mol. The number of hydrogen-bond donors (Lipinski definition) is 1. The second-order valence-electron chi connectivity index (χ2n) is 3.82. The summed E-state index contributed by atoms with van der Waals surface area (Å²) in [6.07, 6.45) is 1.22. The van der Waals surface area contributed by atoms with Crippen LogP contribution in [0, 0.1) is 0 Å². The largest absolute Gasteiger partial charge is 0.469 e. The van der Waals surface area contributed by atoms with E-state index in [-0.39, 0.29) is 5.97 Å². The van der Waals surface area contributed by atoms with Crippen molar-refractivity contribution in [2.75, 3.05) is 30.8 Å². The molecular weight excluding hydrogens is 216 g/mol. The van der Waals surface area contributed by atoms with E-state index < -0.39 is 0 Å². The molecule has 0 saturated carbocycles. The number of rotatable bonds is 6. The smallest absolute Gasteiger partial charge is 0.305 e. The average molecular weight is 236 g/mol. The Balaban J connectivity index is 2.55. The molecule has 4 heteroatoms. The van der Waals surface area contributed by atoms with Gasteiger partial charge in [0.25, 0.3) is 0 Å². The highest BCUT2D eigenvalue weighted by atomic mass is 16.5. The fraction of sp³-hybridized carbons (Fsp3) is 0.462. The number of esters is 1. The zero-order chi connectivity index (χ0) is 12.7. The Kier molecular flexibility index (Phi) is 5.33. The molecule has 0 bridgehead atoms. The quantitative estimate of drug-likeness (QED) is 0.606. The molecule has 0 unspecified atom stereocenters. The standard InChI is InChI=1S/C13H20N2O2/c1-3-15(10-6-9-13(16)17-2)12-8-5-4-7-11(12)14/h4-5,7-8H,3,6,9-10,14H2,1-2H3. The van der Waals surface area contributed by atoms with E-state index >= 15 is 0 Å². The molecule has 0 aliphatic rings. The van der Waals surface area contributed by atoms with Crippen molar-refractivity contribution >= 4 is 17.3 Å². The van der Waals surface area contributed by atoms with Crippen molar-refractivity contribution in [1.29, 1.82) is 0 Å². The van der Waals surface area contributed by atoms with Crippen LogP contribution in [0.3, 0.4) is 0 Å². The van der Waals surface area contributed by atoms with Crippen molar-refractivity contribution in [3.63, 3.8) is 0 Å². The Morgan fingerprint density at radius 3 is 2.71 bits per heavy atom. The topological polar surface area (TPSA) is 55.6 Å². The highest BCUT2D eigenvalue weighted by molar-refractivity contribution is 5.69. The van der Waals surface area contributed by atoms with Crippen LogP contribution in [0.15, 0.2) is 24.3 Å². The molecule has 0 atom stereocenters. The highest BCUT2D eigenvalue weighted by Crippen LogP contribution is 2.22. The molecule has 1 rings (SSSR count). The predicted octanol–water partition coefficient (Wildman–Crippen LogP) is 2.05. The van der Waals surface area contributed by atoms with Crippen molar-refractivity contribution < 1.29 is 9.53 Å². The van der Waals surface area contributed by atoms with Crippen molar-refractivity contribution in [3.8, 4) is 0 Å². The molecule has 0 spiro atoms. The molecule has 0 aromatic heterocycles. The first-order chi connectivity index (χ1) is 8.19. The third kappa shape index (κ3) is 3.98. The Morgan fingerprint density at radius 1 is 1.41 bits per heavy atom. The number of nitrogens with two attached hydrogens (primary N) is 1. The van der Waals surface area contributed by atoms with Gasteiger partial charge < -0.3 is 15.4 Å². The molecule has 0 fully saturated rings. The molecule has 0 aliphatic carbocycles. The maximum Gasteiger partial charge on any atom is 0.305 e. The second-order valence-corrected chi connectivity index (χ2v) is 3.82. The number of nitrogen functional groups attached to an aromatic ring is 1. The van der Waals surface area contributed by atoms with Crippen molar-refractivity contribution in [1.82, 2.24) is 0 Å². The lowest BCUT2D eigenvalue weighted by Crippen LogP contribution is -2.25. The van der Waals surface area contributed by atoms with E-state index in [9.17, 15) is 4.79 Å². The minimum absolute atomic E-state index is 0.165. The number of hydrogen-bond acceptors (Lipinski definition) is 4. The van der Waals surface area contributed by atoms with E-state index in [0.29, 0.717) is 6.42 Å². The number of methoxy groups -OCH3 is 1. The lowest BCUT2D eigenvalue weighted by molar-refractivity contribution is -0.140. The molecule has 1 aromatic carbocycles. The first kappa shape index (κ1) is 13.4. The van der Waals surface area contributed by atoms with Crippen LogP contribution in [0.25, 0.3) is 0 Å². The van der Waals surface area contributed by atoms with Crippen LogP contribution in [0.5, 0.6) is 0 Å². The van der Waals surface area contributed by atoms with Gasteiger partial charge in [0.15, 0.2) is 0 Å². The zero-order valence-corrected chi connectivity index (χ0v) is 10.5. The molecule has 0 saturated heterocycles. The first-order valence-electron chi connectivity index (χ1n) is 5.85. The molecule has 17 heavy (non-hydrogen) atoms. The number of para-hydroxylation sites is 2. The molecule has 0 amide bonds. The summed E-state index contributed by atoms with van der Waals surface area (Å²) in [4.78, 5) is 13.2. The SMILES string of the molecule is CCN(CCCC(=O)OC)c1ccccc1N. The average Bonchev–Trinajstić information content (AvgIpc) is 2.35. The molecule has 2 N–H and O–H groups in total. The summed E-state index contributed by atoms with van der Waals surface area (Å²) in [5.74, 6) is -0.165. The summed E-state index contributed by atoms with van der Waals surface area (Å²) in [6, 6.07) is 7.77. The maximum absolute atomic E-state index is 11.0. The fourth-order valence-electron chi connectivity index (χ4n) is 1.74. The van der Waals surface area contributed by atoms with Crippen molar-refractivity contribution in [3.05, 3.63) is 24.3 Å². The third-order valence-corrected chi connectivity index (χ3v) is 2.70. The van der Waals surface area contributed by atoms with Gasteiger partial charge in [-0.3, -0.25) is 4.79 Å². The van der Waals surface area contributed by atoms with Crippen LogP contribution in [0.1, 0.15) is 19.8 Å². The van der Waals surface area contributed by atoms with Crippen molar-refractivity contribution in [2.24, 2.45) is 0 Å². The molecule has 4 nitrogen and oxygen atoms in total. The van der Waals surface area contributed by atoms with Crippen LogP contribution in [-0.4, -0.2) is 26.2 Å². The lowest BCUT2D eigenvalue weighted by atomic mass is 10.2. The molecule has 0 heterocycles. The van der Waals surface area contributed by atoms with Gasteiger partial charge in [-0.25, -0.2) is 0 Å². The number of ether oxygens (including phenoxy) is 1. The lowest BCUT2D eigenvalue weighted by Gasteiger charge is -2.24. The number of benzene rings is 1. The van der Waals surface area contributed by atoms with Gasteiger partial charge in [0.1, 0.15) is 0 Å². The second kappa shape index (κ2) is 6.78. The first-order valence-corrected chi connectivity index (χ1v) is 5.85. The Hall–Kier alpha value is -1.71. The van der Waals surface area contributed by atoms with E-state index in [4.69, 9.17) is 5.73 Å². The monoisotopic (exact) mass is 236 g/mol. The third-order valence-electron chi connectivity index (χ3n) is 2.70. The van der Waals surface area contributed by atoms with Gasteiger partial charge in [-0.1, -0.05) is 12.1 Å². The number of anilines is 2. The van der Waals surface area contributed by atoms with E-state index in [1.165, 1.54) is 7.11 Å². The van der Waals surface area contributed by atoms with Gasteiger partial charge in [0, 0.05) is 19.5 Å². The summed E-state index contributed by atoms with van der Waals surface area (Å²) in [5, 5.41) is 0. The summed E-state index contributed by atoms with van der Waals surface area (Å²) in [6.45, 7) is 3.75. The molecule has 1 aromatic rings. The summed E-state index contributed by atoms with van der Waals surface area (Å²) < 4.78 is 4.61. The van der Waals surface area contributed by atoms with Crippen LogP contribution in [0.4, 0.5) is 11.4 Å². The Labute approximate surface area is 102 Å². The summed E-state index contributed by atoms with van der Waals surface area (Å²) in [5.41, 5.74) is 7.72. The van der Waals surface area contributed by atoms with Crippen LogP contribution < -0.4 is 10.6 Å². The van der Waals surface area contributed by atoms with Crippen LogP contribution >= 0.6 is 0 Å². The molecule has 94 valence electrons. The van der Waals surface area contributed by atoms with E-state index in [1.807, 2.05) is 24.3 Å². The van der Waals surface area contributed by atoms with Gasteiger partial charge in [0.05, 0.1) is 18.5 Å². The van der Waals surface area contributed by atoms with Gasteiger partial charge in [-0.15, -0.1) is 0 Å². The fourth-order valence-corrected chi connectivity index (χ4v) is 1.74. The van der Waals surface area contributed by atoms with Gasteiger partial charge in [0.2, 0.25) is 0 Å². The molecular formula is C13H20N2O2. The maximum atomic E-state index is 11.0. The van der Waals surface area contributed by atoms with E-state index in [2.05, 4.69) is 16.6 Å². The van der Waals surface area contributed by atoms with E-state index in [1.54, 1.807) is 0 Å². The minimum Gasteiger partial charge on any atom is -0.469 e. The number of nitrogens with zero attached hydrogens (tertiary/aromatic N) is 1. The van der Waals surface area contributed by atoms with Crippen LogP contribution in [-0.2, 0) is 9.53 Å². The summed E-state index contributed by atoms with van der Waals surface area (Å²) in [7, 11) is 1.41. The zero-order valence-electron chi connectivity index (χ0n) is 10.5. The van der Waals surface area contributed by atoms with Gasteiger partial charge in [-0.2, -0.15) is 0 Å². The normalized spacial score (nSPS) is 10.0. The molecule has 0 radical (unpaired) electrons. The van der Waals surface area contributed by atoms with E-state index in [0.717, 1.165) is 30.9 Å². The highest BCUT2D eigenvalue weighted by Gasteiger charge is 2.08. The van der Waals surface area contributed by atoms with Crippen molar-refractivity contribution in [2.45, 2.75) is 19.8 Å². The Bertz CT molecular complexity index is 366. The van der Waals surface area contributed by atoms with Gasteiger partial charge in [-0.05, 0) is 25.5 Å². The number of carbonyl (C=O) groups is 1. The van der Waals surface area contributed by atoms with Gasteiger partial charge >= 0.3 is 5.97 Å². The Morgan fingerprint density at radius 2 is 2.12 bits per heavy atom. The summed E-state index contributed by atoms with van der Waals surface area (Å²) >= 11 is 0. The minimum atomic E-state index is -0.165. The number of carbonyl (C=O) groups excluding carboxylic acids is 1. The van der Waals surface area contributed by atoms with Crippen LogP contribution in [0.2, 0.25) is 0 Å². The molecule has 0 aliphatic heterocycles.